The van der Waals surface area contributed by atoms with Gasteiger partial charge < -0.3 is 125 Å². The highest BCUT2D eigenvalue weighted by atomic mass is 16.4. The lowest BCUT2D eigenvalue weighted by atomic mass is 9.96. The number of guanidine groups is 2. The number of aliphatic hydroxyl groups is 1. The Morgan fingerprint density at radius 3 is 1.39 bits per heavy atom. The number of nitrogens with zero attached hydrogens (tertiary/aromatic N) is 2. The van der Waals surface area contributed by atoms with E-state index >= 15 is 0 Å². The number of carboxylic acids is 1. The zero-order valence-corrected chi connectivity index (χ0v) is 66.6. The maximum absolute atomic E-state index is 14.8. The molecule has 31 N–H and O–H groups in total. The minimum absolute atomic E-state index is 0.0150. The van der Waals surface area contributed by atoms with Gasteiger partial charge in [-0.2, -0.15) is 0 Å². The predicted molar refractivity (Wildman–Crippen MR) is 421 cm³/mol. The standard InChI is InChI=1S/C73H125N23O17/c1-11-40(9)58(96-64(106)46(22-15-16-26-74)89-71(113)59(41(10)12-2)95-61(103)44(75)20-17-27-82-72(78)79)70(112)85-35-56(99)86-50(30-38(5)6)65(107)92-52(32-42-34-84-45-21-14-13-19-43(42)45)67(109)93-53(33-57(100)101)68(110)88-48(24-25-55(76)98)63(105)91-51(31-39(7)8)66(108)94-54(36-97)69(111)87-47(23-18-28-83-73(80)81)62(104)90-49(60(77)102)29-37(3)4/h13-14,19,21,34,37-41,44,46-54,58-59,84,97H,11-12,15-18,20,22-33,35-36,74-75H2,1-10H3,(H2,76,98)(H2,77,102)(H,85,112)(H,86,99)(H,87,111)(H,88,110)(H,89,113)(H,90,104)(H,91,105)(H,92,107)(H,93,109)(H,94,108)(H,95,103)(H,96,106)(H,100,101)(H4,78,79,82)(H4,80,81,83)/t40-,41-,44-,46-,47-,48-,49-,50-,51-,52-,53-,54-,58-,59-/m0/s1. The Morgan fingerprint density at radius 2 is 0.876 bits per heavy atom. The average Bonchev–Trinajstić information content (AvgIpc) is 1.69. The van der Waals surface area contributed by atoms with Gasteiger partial charge in [0.05, 0.1) is 25.6 Å². The molecule has 1 aromatic heterocycles. The third-order valence-electron chi connectivity index (χ3n) is 18.4. The molecule has 113 heavy (non-hydrogen) atoms. The number of amides is 14. The molecule has 1 aromatic carbocycles. The molecule has 634 valence electrons. The first kappa shape index (κ1) is 98.3. The summed E-state index contributed by atoms with van der Waals surface area (Å²) in [5, 5.41) is 51.8. The number of aliphatic imine (C=N–C) groups is 2. The van der Waals surface area contributed by atoms with E-state index in [1.54, 1.807) is 92.8 Å². The van der Waals surface area contributed by atoms with Crippen molar-refractivity contribution < 1.29 is 82.1 Å². The van der Waals surface area contributed by atoms with Gasteiger partial charge in [0.2, 0.25) is 82.7 Å². The topological polar surface area (TPSA) is 690 Å². The molecular formula is C73H125N23O17. The van der Waals surface area contributed by atoms with Gasteiger partial charge in [-0.3, -0.25) is 81.9 Å². The summed E-state index contributed by atoms with van der Waals surface area (Å²) in [6.07, 6.45) is 1.12. The maximum Gasteiger partial charge on any atom is 0.305 e. The fourth-order valence-corrected chi connectivity index (χ4v) is 11.8. The number of primary amides is 2. The van der Waals surface area contributed by atoms with Crippen LogP contribution >= 0.6 is 0 Å². The molecule has 0 unspecified atom stereocenters. The van der Waals surface area contributed by atoms with Gasteiger partial charge in [-0.15, -0.1) is 0 Å². The largest absolute Gasteiger partial charge is 0.481 e. The summed E-state index contributed by atoms with van der Waals surface area (Å²) < 4.78 is 0. The molecule has 0 aliphatic rings. The fraction of sp³-hybridized carbons (Fsp3) is 0.658. The maximum atomic E-state index is 14.8. The minimum atomic E-state index is -2.05. The number of carbonyl (C=O) groups excluding carboxylic acids is 14. The van der Waals surface area contributed by atoms with Crippen molar-refractivity contribution in [1.29, 1.82) is 0 Å². The van der Waals surface area contributed by atoms with Gasteiger partial charge >= 0.3 is 5.97 Å². The summed E-state index contributed by atoms with van der Waals surface area (Å²) in [6, 6.07) is -10.6. The first-order valence-electron chi connectivity index (χ1n) is 38.3. The molecule has 0 radical (unpaired) electrons. The van der Waals surface area contributed by atoms with E-state index in [1.807, 2.05) is 6.92 Å². The van der Waals surface area contributed by atoms with Crippen molar-refractivity contribution in [2.75, 3.05) is 32.8 Å². The van der Waals surface area contributed by atoms with Crippen LogP contribution in [0, 0.1) is 29.6 Å². The molecule has 2 aromatic rings. The van der Waals surface area contributed by atoms with Gasteiger partial charge in [-0.25, -0.2) is 0 Å². The summed E-state index contributed by atoms with van der Waals surface area (Å²) in [7, 11) is 0. The Morgan fingerprint density at radius 1 is 0.460 bits per heavy atom. The van der Waals surface area contributed by atoms with Crippen LogP contribution in [0.4, 0.5) is 0 Å². The number of H-pyrrole nitrogens is 1. The van der Waals surface area contributed by atoms with Gasteiger partial charge in [0.25, 0.3) is 0 Å². The molecule has 0 aliphatic heterocycles. The minimum Gasteiger partial charge on any atom is -0.481 e. The lowest BCUT2D eigenvalue weighted by molar-refractivity contribution is -0.141. The SMILES string of the molecule is CC[C@H](C)[C@H](NC(=O)[C@H](CCCCN)NC(=O)[C@@H](NC(=O)[C@@H](N)CCCN=C(N)N)[C@@H](C)CC)C(=O)NCC(=O)N[C@@H](CC(C)C)C(=O)N[C@@H](Cc1c[nH]c2ccccc12)C(=O)N[C@@H](CC(=O)O)C(=O)N[C@@H](CCC(N)=O)C(=O)N[C@@H](CC(C)C)C(=O)N[C@@H](CO)C(=O)N[C@@H](CCCN=C(N)N)C(=O)N[C@@H](CC(C)C)C(N)=O. The lowest BCUT2D eigenvalue weighted by Crippen LogP contribution is -2.61. The molecule has 14 amide bonds. The Kier molecular flexibility index (Phi) is 44.4. The van der Waals surface area contributed by atoms with Crippen LogP contribution in [0.15, 0.2) is 40.4 Å². The van der Waals surface area contributed by atoms with Crippen molar-refractivity contribution in [3.63, 3.8) is 0 Å². The molecule has 40 heteroatoms. The third-order valence-corrected chi connectivity index (χ3v) is 18.4. The van der Waals surface area contributed by atoms with Crippen molar-refractivity contribution in [1.82, 2.24) is 68.8 Å². The number of carbonyl (C=O) groups is 15. The van der Waals surface area contributed by atoms with E-state index in [2.05, 4.69) is 78.8 Å². The zero-order valence-electron chi connectivity index (χ0n) is 66.6. The van der Waals surface area contributed by atoms with E-state index < -0.39 is 211 Å². The summed E-state index contributed by atoms with van der Waals surface area (Å²) >= 11 is 0. The van der Waals surface area contributed by atoms with Crippen molar-refractivity contribution >= 4 is 111 Å². The predicted octanol–water partition coefficient (Wildman–Crippen LogP) is -4.83. The second kappa shape index (κ2) is 51.0. The van der Waals surface area contributed by atoms with Crippen LogP contribution in [0.5, 0.6) is 0 Å². The number of para-hydroxylation sites is 1. The second-order valence-corrected chi connectivity index (χ2v) is 29.5. The Balaban J connectivity index is 2.53. The van der Waals surface area contributed by atoms with Crippen molar-refractivity contribution in [3.8, 4) is 0 Å². The molecular weight excluding hydrogens is 1470 g/mol. The molecule has 0 fully saturated rings. The van der Waals surface area contributed by atoms with Gasteiger partial charge in [0, 0.05) is 43.0 Å². The van der Waals surface area contributed by atoms with Gasteiger partial charge in [-0.1, -0.05) is 100 Å². The molecule has 0 bridgehead atoms. The Labute approximate surface area is 658 Å². The molecule has 0 spiro atoms. The van der Waals surface area contributed by atoms with Crippen LogP contribution in [0.3, 0.4) is 0 Å². The van der Waals surface area contributed by atoms with Crippen LogP contribution in [-0.4, -0.2) is 221 Å². The van der Waals surface area contributed by atoms with E-state index in [1.165, 1.54) is 0 Å². The molecule has 14 atom stereocenters. The van der Waals surface area contributed by atoms with Crippen LogP contribution in [0.1, 0.15) is 171 Å². The summed E-state index contributed by atoms with van der Waals surface area (Å²) in [6.45, 7) is 16.0. The van der Waals surface area contributed by atoms with Crippen LogP contribution < -0.4 is 110 Å². The summed E-state index contributed by atoms with van der Waals surface area (Å²) in [4.78, 5) is 218. The van der Waals surface area contributed by atoms with Crippen molar-refractivity contribution in [2.24, 2.45) is 85.4 Å². The summed E-state index contributed by atoms with van der Waals surface area (Å²) in [5.41, 5.74) is 45.8. The highest BCUT2D eigenvalue weighted by Gasteiger charge is 2.39. The summed E-state index contributed by atoms with van der Waals surface area (Å²) in [5.74, 6) is -16.9. The van der Waals surface area contributed by atoms with E-state index in [0.29, 0.717) is 48.6 Å². The van der Waals surface area contributed by atoms with Crippen LogP contribution in [0.2, 0.25) is 0 Å². The number of aromatic nitrogens is 1. The molecule has 40 nitrogen and oxygen atoms in total. The Hall–Kier alpha value is -10.8. The number of hydrogen-bond acceptors (Lipinski definition) is 20. The highest BCUT2D eigenvalue weighted by Crippen LogP contribution is 2.21. The second-order valence-electron chi connectivity index (χ2n) is 29.5. The molecule has 2 rings (SSSR count). The average molecular weight is 1600 g/mol. The monoisotopic (exact) mass is 1600 g/mol. The number of unbranched alkanes of at least 4 members (excludes halogenated alkanes) is 1. The number of aromatic amines is 1. The molecule has 0 saturated heterocycles. The number of rotatable bonds is 55. The zero-order chi connectivity index (χ0) is 85.4. The first-order valence-corrected chi connectivity index (χ1v) is 38.3. The van der Waals surface area contributed by atoms with Gasteiger partial charge in [0.1, 0.15) is 66.5 Å². The smallest absolute Gasteiger partial charge is 0.305 e. The molecule has 0 saturated carbocycles. The number of aliphatic hydroxyl groups excluding tert-OH is 1. The number of fused-ring (bicyclic) bond motifs is 1. The number of nitrogens with two attached hydrogens (primary N) is 8. The number of aliphatic carboxylic acids is 1. The normalized spacial score (nSPS) is 15.0. The highest BCUT2D eigenvalue weighted by molar-refractivity contribution is 6.01. The Bertz CT molecular complexity index is 3560. The first-order chi connectivity index (χ1) is 53.2. The number of nitrogens with one attached hydrogen (secondary N) is 13. The molecule has 1 heterocycles. The molecule has 0 aliphatic carbocycles. The quantitative estimate of drug-likeness (QED) is 0.0168. The van der Waals surface area contributed by atoms with E-state index in [9.17, 15) is 82.1 Å². The third kappa shape index (κ3) is 37.0. The van der Waals surface area contributed by atoms with E-state index in [0.717, 1.165) is 0 Å². The fourth-order valence-electron chi connectivity index (χ4n) is 11.8. The number of hydrogen-bond donors (Lipinski definition) is 23. The number of carboxylic acid groups (broad SMARTS) is 1. The van der Waals surface area contributed by atoms with Gasteiger partial charge in [0.15, 0.2) is 11.9 Å². The lowest BCUT2D eigenvalue weighted by Gasteiger charge is -2.29. The van der Waals surface area contributed by atoms with E-state index in [-0.39, 0.29) is 94.8 Å². The van der Waals surface area contributed by atoms with E-state index in [4.69, 9.17) is 45.9 Å². The van der Waals surface area contributed by atoms with Crippen LogP contribution in [0.25, 0.3) is 10.9 Å². The van der Waals surface area contributed by atoms with Crippen molar-refractivity contribution in [2.45, 2.75) is 244 Å². The van der Waals surface area contributed by atoms with Crippen molar-refractivity contribution in [3.05, 3.63) is 36.0 Å². The number of benzene rings is 1. The van der Waals surface area contributed by atoms with Gasteiger partial charge in [-0.05, 0) is 118 Å². The van der Waals surface area contributed by atoms with Crippen LogP contribution in [-0.2, 0) is 78.3 Å².